The first-order valence-corrected chi connectivity index (χ1v) is 5.59. The molecule has 3 aliphatic rings. The third-order valence-corrected chi connectivity index (χ3v) is 4.59. The molecule has 0 aliphatic heterocycles. The smallest absolute Gasteiger partial charge is 0.113 e. The Morgan fingerprint density at radius 2 is 2.31 bits per heavy atom. The van der Waals surface area contributed by atoms with Crippen LogP contribution in [-0.4, -0.2) is 5.60 Å². The van der Waals surface area contributed by atoms with E-state index in [1.807, 2.05) is 0 Å². The number of hydrogen-bond donors (Lipinski definition) is 0. The van der Waals surface area contributed by atoms with E-state index in [1.54, 1.807) is 0 Å². The first-order chi connectivity index (χ1) is 6.22. The molecule has 3 unspecified atom stereocenters. The summed E-state index contributed by atoms with van der Waals surface area (Å²) in [6.07, 6.45) is 8.19. The molecule has 4 atom stereocenters. The Bertz CT molecular complexity index is 268. The summed E-state index contributed by atoms with van der Waals surface area (Å²) in [5.41, 5.74) is 0.939. The van der Waals surface area contributed by atoms with Crippen molar-refractivity contribution in [2.24, 2.45) is 17.8 Å². The third kappa shape index (κ3) is 0.864. The average molecular weight is 177 g/mol. The highest BCUT2D eigenvalue weighted by atomic mass is 16.3. The number of allylic oxidation sites excluding steroid dienone is 1. The summed E-state index contributed by atoms with van der Waals surface area (Å²) in [7, 11) is 0. The molecule has 0 aromatic heterocycles. The Morgan fingerprint density at radius 1 is 1.46 bits per heavy atom. The zero-order chi connectivity index (χ0) is 9.05. The van der Waals surface area contributed by atoms with Crippen molar-refractivity contribution in [1.82, 2.24) is 0 Å². The van der Waals surface area contributed by atoms with Crippen molar-refractivity contribution in [2.45, 2.75) is 44.6 Å². The summed E-state index contributed by atoms with van der Waals surface area (Å²) < 4.78 is 0. The fourth-order valence-corrected chi connectivity index (χ4v) is 3.94. The summed E-state index contributed by atoms with van der Waals surface area (Å²) in [5, 5.41) is 12.4. The molecular weight excluding hydrogens is 160 g/mol. The molecule has 2 saturated carbocycles. The maximum Gasteiger partial charge on any atom is 0.113 e. The maximum absolute atomic E-state index is 12.4. The SMILES string of the molecule is CC1=CC2C(CC1)C1CCC[C@@]21[O]. The summed E-state index contributed by atoms with van der Waals surface area (Å²) in [6, 6.07) is 0. The largest absolute Gasteiger partial charge is 0.229 e. The molecule has 0 heterocycles. The normalized spacial score (nSPS) is 53.4. The van der Waals surface area contributed by atoms with E-state index in [-0.39, 0.29) is 0 Å². The van der Waals surface area contributed by atoms with E-state index < -0.39 is 5.60 Å². The summed E-state index contributed by atoms with van der Waals surface area (Å²) >= 11 is 0. The molecule has 3 rings (SSSR count). The Hall–Kier alpha value is -0.300. The number of hydrogen-bond acceptors (Lipinski definition) is 0. The molecular formula is C12H17O. The van der Waals surface area contributed by atoms with Gasteiger partial charge in [-0.3, -0.25) is 0 Å². The Morgan fingerprint density at radius 3 is 3.15 bits per heavy atom. The molecule has 3 aliphatic carbocycles. The van der Waals surface area contributed by atoms with Gasteiger partial charge in [-0.05, 0) is 44.4 Å². The topological polar surface area (TPSA) is 19.9 Å². The molecule has 0 aromatic carbocycles. The fourth-order valence-electron chi connectivity index (χ4n) is 3.94. The molecule has 0 amide bonds. The highest BCUT2D eigenvalue weighted by Crippen LogP contribution is 2.62. The zero-order valence-electron chi connectivity index (χ0n) is 8.25. The first-order valence-electron chi connectivity index (χ1n) is 5.59. The van der Waals surface area contributed by atoms with Crippen molar-refractivity contribution < 1.29 is 5.11 Å². The van der Waals surface area contributed by atoms with Crippen LogP contribution in [0.5, 0.6) is 0 Å². The molecule has 0 bridgehead atoms. The lowest BCUT2D eigenvalue weighted by Crippen LogP contribution is -2.58. The van der Waals surface area contributed by atoms with Gasteiger partial charge in [-0.25, -0.2) is 5.11 Å². The first kappa shape index (κ1) is 8.05. The van der Waals surface area contributed by atoms with Crippen molar-refractivity contribution >= 4 is 0 Å². The van der Waals surface area contributed by atoms with E-state index in [1.165, 1.54) is 31.3 Å². The van der Waals surface area contributed by atoms with Gasteiger partial charge in [0.05, 0.1) is 0 Å². The quantitative estimate of drug-likeness (QED) is 0.507. The Balaban J connectivity index is 1.93. The second kappa shape index (κ2) is 2.38. The minimum Gasteiger partial charge on any atom is -0.229 e. The van der Waals surface area contributed by atoms with E-state index in [9.17, 15) is 5.11 Å². The van der Waals surface area contributed by atoms with Crippen LogP contribution in [0, 0.1) is 17.8 Å². The van der Waals surface area contributed by atoms with Crippen LogP contribution in [-0.2, 0) is 5.11 Å². The van der Waals surface area contributed by atoms with Crippen molar-refractivity contribution in [3.05, 3.63) is 11.6 Å². The molecule has 1 heteroatoms. The van der Waals surface area contributed by atoms with E-state index in [0.717, 1.165) is 12.3 Å². The van der Waals surface area contributed by atoms with Crippen LogP contribution in [0.25, 0.3) is 0 Å². The molecule has 1 nitrogen and oxygen atoms in total. The van der Waals surface area contributed by atoms with E-state index in [4.69, 9.17) is 0 Å². The second-order valence-corrected chi connectivity index (χ2v) is 5.20. The average Bonchev–Trinajstić information content (AvgIpc) is 2.44. The van der Waals surface area contributed by atoms with Gasteiger partial charge in [0.25, 0.3) is 0 Å². The van der Waals surface area contributed by atoms with E-state index in [0.29, 0.717) is 11.8 Å². The van der Waals surface area contributed by atoms with Crippen LogP contribution >= 0.6 is 0 Å². The van der Waals surface area contributed by atoms with Gasteiger partial charge in [0.15, 0.2) is 0 Å². The van der Waals surface area contributed by atoms with Crippen LogP contribution in [0.4, 0.5) is 0 Å². The van der Waals surface area contributed by atoms with Crippen molar-refractivity contribution in [3.8, 4) is 0 Å². The molecule has 0 spiro atoms. The van der Waals surface area contributed by atoms with Gasteiger partial charge < -0.3 is 0 Å². The molecule has 0 saturated heterocycles. The maximum atomic E-state index is 12.4. The predicted molar refractivity (Wildman–Crippen MR) is 50.7 cm³/mol. The van der Waals surface area contributed by atoms with Crippen LogP contribution < -0.4 is 0 Å². The van der Waals surface area contributed by atoms with Gasteiger partial charge in [0, 0.05) is 5.92 Å². The standard InChI is InChI=1S/C12H17O/c1-8-4-5-9-10-3-2-6-12(10,13)11(9)7-8/h7,9-11H,2-6H2,1H3/t9?,10?,11?,12-/m0/s1. The van der Waals surface area contributed by atoms with Gasteiger partial charge in [-0.1, -0.05) is 18.1 Å². The fraction of sp³-hybridized carbons (Fsp3) is 0.833. The van der Waals surface area contributed by atoms with E-state index in [2.05, 4.69) is 13.0 Å². The van der Waals surface area contributed by atoms with Gasteiger partial charge in [-0.2, -0.15) is 0 Å². The molecule has 71 valence electrons. The van der Waals surface area contributed by atoms with Crippen molar-refractivity contribution in [3.63, 3.8) is 0 Å². The molecule has 1 radical (unpaired) electrons. The third-order valence-electron chi connectivity index (χ3n) is 4.59. The van der Waals surface area contributed by atoms with Crippen LogP contribution in [0.1, 0.15) is 39.0 Å². The number of fused-ring (bicyclic) bond motifs is 4. The Kier molecular flexibility index (Phi) is 1.48. The highest BCUT2D eigenvalue weighted by Gasteiger charge is 2.63. The lowest BCUT2D eigenvalue weighted by atomic mass is 9.51. The van der Waals surface area contributed by atoms with Gasteiger partial charge in [0.1, 0.15) is 5.60 Å². The molecule has 13 heavy (non-hydrogen) atoms. The molecule has 0 N–H and O–H groups in total. The summed E-state index contributed by atoms with van der Waals surface area (Å²) in [5.74, 6) is 1.72. The van der Waals surface area contributed by atoms with Gasteiger partial charge >= 0.3 is 0 Å². The van der Waals surface area contributed by atoms with Gasteiger partial charge in [-0.15, -0.1) is 0 Å². The second-order valence-electron chi connectivity index (χ2n) is 5.20. The highest BCUT2D eigenvalue weighted by molar-refractivity contribution is 5.23. The van der Waals surface area contributed by atoms with Gasteiger partial charge in [0.2, 0.25) is 0 Å². The van der Waals surface area contributed by atoms with E-state index >= 15 is 0 Å². The lowest BCUT2D eigenvalue weighted by molar-refractivity contribution is -0.202. The van der Waals surface area contributed by atoms with Crippen molar-refractivity contribution in [1.29, 1.82) is 0 Å². The Labute approximate surface area is 79.8 Å². The predicted octanol–water partition coefficient (Wildman–Crippen LogP) is 2.94. The lowest BCUT2D eigenvalue weighted by Gasteiger charge is -2.55. The zero-order valence-corrected chi connectivity index (χ0v) is 8.25. The van der Waals surface area contributed by atoms with Crippen LogP contribution in [0.15, 0.2) is 11.6 Å². The van der Waals surface area contributed by atoms with Crippen LogP contribution in [0.2, 0.25) is 0 Å². The summed E-state index contributed by atoms with van der Waals surface area (Å²) in [6.45, 7) is 2.18. The van der Waals surface area contributed by atoms with Crippen molar-refractivity contribution in [2.75, 3.05) is 0 Å². The summed E-state index contributed by atoms with van der Waals surface area (Å²) in [4.78, 5) is 0. The molecule has 0 aromatic rings. The minimum atomic E-state index is -0.521. The van der Waals surface area contributed by atoms with Crippen LogP contribution in [0.3, 0.4) is 0 Å². The number of rotatable bonds is 0. The monoisotopic (exact) mass is 177 g/mol. The minimum absolute atomic E-state index is 0.411. The molecule has 2 fully saturated rings.